The molecule has 0 spiro atoms. The van der Waals surface area contributed by atoms with Gasteiger partial charge >= 0.3 is 18.0 Å². The highest BCUT2D eigenvalue weighted by molar-refractivity contribution is 5.82. The van der Waals surface area contributed by atoms with E-state index in [-0.39, 0.29) is 18.6 Å². The van der Waals surface area contributed by atoms with E-state index in [4.69, 9.17) is 14.2 Å². The summed E-state index contributed by atoms with van der Waals surface area (Å²) in [6.45, 7) is 7.15. The van der Waals surface area contributed by atoms with Crippen molar-refractivity contribution in [3.8, 4) is 0 Å². The summed E-state index contributed by atoms with van der Waals surface area (Å²) in [6, 6.07) is -1.30. The maximum Gasteiger partial charge on any atom is 0.411 e. The van der Waals surface area contributed by atoms with Crippen LogP contribution >= 0.6 is 0 Å². The molecule has 140 valence electrons. The van der Waals surface area contributed by atoms with Gasteiger partial charge in [-0.15, -0.1) is 0 Å². The molecule has 8 heteroatoms. The van der Waals surface area contributed by atoms with Crippen molar-refractivity contribution in [1.82, 2.24) is 4.90 Å². The Morgan fingerprint density at radius 1 is 1.24 bits per heavy atom. The van der Waals surface area contributed by atoms with Gasteiger partial charge in [0.2, 0.25) is 0 Å². The van der Waals surface area contributed by atoms with E-state index in [9.17, 15) is 19.5 Å². The third-order valence-electron chi connectivity index (χ3n) is 4.21. The quantitative estimate of drug-likeness (QED) is 0.457. The minimum absolute atomic E-state index is 0.198. The number of piperidine rings is 1. The number of aliphatic carboxylic acids is 1. The Bertz CT molecular complexity index is 566. The van der Waals surface area contributed by atoms with E-state index >= 15 is 0 Å². The van der Waals surface area contributed by atoms with Gasteiger partial charge < -0.3 is 19.3 Å². The number of hydrogen-bond donors (Lipinski definition) is 1. The summed E-state index contributed by atoms with van der Waals surface area (Å²) in [7, 11) is 0. The van der Waals surface area contributed by atoms with Crippen molar-refractivity contribution in [2.24, 2.45) is 5.92 Å². The van der Waals surface area contributed by atoms with Crippen LogP contribution in [0.5, 0.6) is 0 Å². The highest BCUT2D eigenvalue weighted by atomic mass is 16.6. The highest BCUT2D eigenvalue weighted by Crippen LogP contribution is 2.44. The molecule has 1 saturated heterocycles. The third-order valence-corrected chi connectivity index (χ3v) is 4.21. The first kappa shape index (κ1) is 19.1. The summed E-state index contributed by atoms with van der Waals surface area (Å²) in [5.74, 6) is -1.76. The van der Waals surface area contributed by atoms with Crippen LogP contribution in [0.4, 0.5) is 4.79 Å². The zero-order valence-corrected chi connectivity index (χ0v) is 14.9. The molecule has 25 heavy (non-hydrogen) atoms. The lowest BCUT2D eigenvalue weighted by Crippen LogP contribution is -2.55. The van der Waals surface area contributed by atoms with Gasteiger partial charge in [0.1, 0.15) is 17.7 Å². The number of nitrogens with zero attached hydrogens (tertiary/aromatic N) is 1. The first-order chi connectivity index (χ1) is 11.6. The average Bonchev–Trinajstić information content (AvgIpc) is 3.03. The number of carbonyl (C=O) groups excluding carboxylic acids is 2. The van der Waals surface area contributed by atoms with Crippen LogP contribution in [0.15, 0.2) is 12.3 Å². The molecule has 1 aliphatic heterocycles. The van der Waals surface area contributed by atoms with E-state index in [2.05, 4.69) is 0 Å². The van der Waals surface area contributed by atoms with Crippen molar-refractivity contribution in [1.29, 1.82) is 0 Å². The summed E-state index contributed by atoms with van der Waals surface area (Å²) in [5.41, 5.74) is -0.720. The van der Waals surface area contributed by atoms with Crippen LogP contribution in [0, 0.1) is 5.92 Å². The van der Waals surface area contributed by atoms with Gasteiger partial charge in [-0.25, -0.2) is 14.4 Å². The SMILES string of the molecule is CCOC(=O)C=CO[C@@H]1C[C@@H]2C[C@H]1N(C(=O)OC(C)(C)C)[C@@H]2C(=O)O. The van der Waals surface area contributed by atoms with Crippen LogP contribution in [0.3, 0.4) is 0 Å². The van der Waals surface area contributed by atoms with E-state index < -0.39 is 35.7 Å². The molecule has 2 fully saturated rings. The second-order valence-corrected chi connectivity index (χ2v) is 7.20. The molecule has 0 aromatic carbocycles. The normalized spacial score (nSPS) is 28.2. The number of esters is 1. The summed E-state index contributed by atoms with van der Waals surface area (Å²) >= 11 is 0. The molecule has 0 unspecified atom stereocenters. The maximum atomic E-state index is 12.5. The number of fused-ring (bicyclic) bond motifs is 2. The molecule has 1 N–H and O–H groups in total. The smallest absolute Gasteiger partial charge is 0.411 e. The molecular weight excluding hydrogens is 330 g/mol. The molecule has 0 aromatic rings. The zero-order chi connectivity index (χ0) is 18.8. The standard InChI is InChI=1S/C17H25NO7/c1-5-23-13(19)6-7-24-12-9-10-8-11(12)18(14(10)15(20)21)16(22)25-17(2,3)4/h6-7,10-12,14H,5,8-9H2,1-4H3,(H,20,21)/t10-,11+,12+,14-/m0/s1. The lowest BCUT2D eigenvalue weighted by Gasteiger charge is -2.37. The number of rotatable bonds is 5. The van der Waals surface area contributed by atoms with Crippen molar-refractivity contribution >= 4 is 18.0 Å². The molecule has 2 rings (SSSR count). The number of hydrogen-bond acceptors (Lipinski definition) is 6. The van der Waals surface area contributed by atoms with Gasteiger partial charge in [0, 0.05) is 0 Å². The van der Waals surface area contributed by atoms with Gasteiger partial charge in [-0.3, -0.25) is 4.90 Å². The first-order valence-corrected chi connectivity index (χ1v) is 8.37. The molecule has 4 atom stereocenters. The molecular formula is C17H25NO7. The van der Waals surface area contributed by atoms with Gasteiger partial charge in [-0.05, 0) is 46.5 Å². The summed E-state index contributed by atoms with van der Waals surface area (Å²) in [5, 5.41) is 9.48. The average molecular weight is 355 g/mol. The Kier molecular flexibility index (Phi) is 5.59. The Morgan fingerprint density at radius 3 is 2.48 bits per heavy atom. The molecule has 1 aliphatic carbocycles. The van der Waals surface area contributed by atoms with Gasteiger partial charge in [0.05, 0.1) is 25.0 Å². The summed E-state index contributed by atoms with van der Waals surface area (Å²) in [6.07, 6.45) is 2.42. The van der Waals surface area contributed by atoms with Crippen molar-refractivity contribution < 1.29 is 33.7 Å². The zero-order valence-electron chi connectivity index (χ0n) is 14.9. The monoisotopic (exact) mass is 355 g/mol. The van der Waals surface area contributed by atoms with E-state index in [1.54, 1.807) is 27.7 Å². The lowest BCUT2D eigenvalue weighted by atomic mass is 9.98. The van der Waals surface area contributed by atoms with Crippen molar-refractivity contribution in [3.05, 3.63) is 12.3 Å². The number of carbonyl (C=O) groups is 3. The van der Waals surface area contributed by atoms with E-state index in [1.807, 2.05) is 0 Å². The number of likely N-dealkylation sites (tertiary alicyclic amines) is 1. The largest absolute Gasteiger partial charge is 0.496 e. The maximum absolute atomic E-state index is 12.5. The Labute approximate surface area is 146 Å². The molecule has 8 nitrogen and oxygen atoms in total. The van der Waals surface area contributed by atoms with E-state index in [1.165, 1.54) is 17.2 Å². The van der Waals surface area contributed by atoms with Crippen LogP contribution in [0.2, 0.25) is 0 Å². The molecule has 0 radical (unpaired) electrons. The van der Waals surface area contributed by atoms with Crippen LogP contribution in [0.25, 0.3) is 0 Å². The molecule has 1 saturated carbocycles. The fraction of sp³-hybridized carbons (Fsp3) is 0.706. The number of carboxylic acids is 1. The Morgan fingerprint density at radius 2 is 1.92 bits per heavy atom. The number of ether oxygens (including phenoxy) is 3. The first-order valence-electron chi connectivity index (χ1n) is 8.37. The van der Waals surface area contributed by atoms with Crippen LogP contribution in [-0.2, 0) is 23.8 Å². The molecule has 0 aromatic heterocycles. The topological polar surface area (TPSA) is 102 Å². The van der Waals surface area contributed by atoms with Crippen molar-refractivity contribution in [2.45, 2.75) is 64.3 Å². The summed E-state index contributed by atoms with van der Waals surface area (Å²) < 4.78 is 15.7. The molecule has 2 aliphatic rings. The fourth-order valence-electron chi connectivity index (χ4n) is 3.41. The second kappa shape index (κ2) is 7.33. The predicted molar refractivity (Wildman–Crippen MR) is 86.7 cm³/mol. The van der Waals surface area contributed by atoms with Gasteiger partial charge in [-0.2, -0.15) is 0 Å². The van der Waals surface area contributed by atoms with Crippen LogP contribution in [-0.4, -0.2) is 58.4 Å². The van der Waals surface area contributed by atoms with Crippen LogP contribution < -0.4 is 0 Å². The molecule has 1 heterocycles. The fourth-order valence-corrected chi connectivity index (χ4v) is 3.41. The predicted octanol–water partition coefficient (Wildman–Crippen LogP) is 1.93. The van der Waals surface area contributed by atoms with E-state index in [0.29, 0.717) is 12.8 Å². The minimum atomic E-state index is -1.04. The highest BCUT2D eigenvalue weighted by Gasteiger charge is 2.57. The van der Waals surface area contributed by atoms with Crippen molar-refractivity contribution in [2.75, 3.05) is 6.61 Å². The van der Waals surface area contributed by atoms with E-state index in [0.717, 1.165) is 0 Å². The van der Waals surface area contributed by atoms with Crippen molar-refractivity contribution in [3.63, 3.8) is 0 Å². The van der Waals surface area contributed by atoms with Gasteiger partial charge in [-0.1, -0.05) is 0 Å². The number of carboxylic acid groups (broad SMARTS) is 1. The Hall–Kier alpha value is -2.25. The Balaban J connectivity index is 2.07. The van der Waals surface area contributed by atoms with Gasteiger partial charge in [0.25, 0.3) is 0 Å². The second-order valence-electron chi connectivity index (χ2n) is 7.20. The van der Waals surface area contributed by atoms with Gasteiger partial charge in [0.15, 0.2) is 0 Å². The van der Waals surface area contributed by atoms with Crippen LogP contribution in [0.1, 0.15) is 40.5 Å². The molecule has 2 bridgehead atoms. The third kappa shape index (κ3) is 4.43. The lowest BCUT2D eigenvalue weighted by molar-refractivity contribution is -0.146. The molecule has 1 amide bonds. The minimum Gasteiger partial charge on any atom is -0.496 e. The number of amides is 1. The summed E-state index contributed by atoms with van der Waals surface area (Å²) in [4.78, 5) is 36.6.